The van der Waals surface area contributed by atoms with Crippen molar-refractivity contribution in [1.29, 1.82) is 0 Å². The molecule has 1 N–H and O–H groups in total. The van der Waals surface area contributed by atoms with Crippen molar-refractivity contribution in [2.45, 2.75) is 63.4 Å². The second kappa shape index (κ2) is 11.3. The lowest BCUT2D eigenvalue weighted by molar-refractivity contribution is -0.113. The zero-order valence-corrected chi connectivity index (χ0v) is 24.2. The number of benzene rings is 1. The Balaban J connectivity index is 1.31. The van der Waals surface area contributed by atoms with Gasteiger partial charge in [0.1, 0.15) is 9.83 Å². The van der Waals surface area contributed by atoms with Gasteiger partial charge in [0.05, 0.1) is 29.0 Å². The lowest BCUT2D eigenvalue weighted by atomic mass is 9.95. The van der Waals surface area contributed by atoms with Gasteiger partial charge in [0, 0.05) is 9.75 Å². The van der Waals surface area contributed by atoms with Crippen molar-refractivity contribution in [2.75, 3.05) is 17.7 Å². The number of nitrogens with zero attached hydrogens (tertiary/aromatic N) is 2. The zero-order chi connectivity index (χ0) is 26.9. The molecule has 3 heterocycles. The molecule has 0 radical (unpaired) electrons. The van der Waals surface area contributed by atoms with Crippen LogP contribution >= 0.6 is 34.4 Å². The number of rotatable bonds is 7. The van der Waals surface area contributed by atoms with Crippen molar-refractivity contribution in [1.82, 2.24) is 9.55 Å². The first-order chi connectivity index (χ1) is 19.0. The number of hydrogen-bond donors (Lipinski definition) is 1. The number of thiophene rings is 2. The smallest absolute Gasteiger partial charge is 0.341 e. The maximum atomic E-state index is 13.9. The predicted octanol–water partition coefficient (Wildman–Crippen LogP) is 6.17. The van der Waals surface area contributed by atoms with Crippen LogP contribution in [0.3, 0.4) is 0 Å². The summed E-state index contributed by atoms with van der Waals surface area (Å²) in [5, 5.41) is 4.74. The molecule has 4 aromatic rings. The van der Waals surface area contributed by atoms with E-state index in [0.29, 0.717) is 15.7 Å². The Morgan fingerprint density at radius 1 is 1.00 bits per heavy atom. The van der Waals surface area contributed by atoms with E-state index in [4.69, 9.17) is 9.72 Å². The van der Waals surface area contributed by atoms with Crippen molar-refractivity contribution in [3.05, 3.63) is 67.1 Å². The number of ether oxygens (including phenoxy) is 1. The zero-order valence-electron chi connectivity index (χ0n) is 21.7. The van der Waals surface area contributed by atoms with E-state index in [9.17, 15) is 14.4 Å². The van der Waals surface area contributed by atoms with Crippen LogP contribution in [0.5, 0.6) is 0 Å². The largest absolute Gasteiger partial charge is 0.462 e. The molecule has 0 saturated carbocycles. The van der Waals surface area contributed by atoms with E-state index in [1.807, 2.05) is 30.3 Å². The molecule has 0 aliphatic heterocycles. The number of carbonyl (C=O) groups is 2. The second-order valence-electron chi connectivity index (χ2n) is 9.73. The summed E-state index contributed by atoms with van der Waals surface area (Å²) in [6.07, 6.45) is 7.95. The summed E-state index contributed by atoms with van der Waals surface area (Å²) in [7, 11) is 0. The van der Waals surface area contributed by atoms with Gasteiger partial charge in [-0.2, -0.15) is 0 Å². The number of anilines is 1. The summed E-state index contributed by atoms with van der Waals surface area (Å²) in [4.78, 5) is 47.9. The fraction of sp³-hybridized carbons (Fsp3) is 0.379. The third-order valence-electron chi connectivity index (χ3n) is 7.21. The second-order valence-corrected chi connectivity index (χ2v) is 12.9. The van der Waals surface area contributed by atoms with E-state index < -0.39 is 0 Å². The highest BCUT2D eigenvalue weighted by Gasteiger charge is 2.28. The molecule has 0 saturated heterocycles. The summed E-state index contributed by atoms with van der Waals surface area (Å²) in [5.74, 6) is -0.573. The number of para-hydroxylation sites is 1. The first kappa shape index (κ1) is 26.3. The van der Waals surface area contributed by atoms with Crippen LogP contribution < -0.4 is 10.9 Å². The molecule has 2 aliphatic rings. The number of esters is 1. The van der Waals surface area contributed by atoms with Crippen molar-refractivity contribution in [3.63, 3.8) is 0 Å². The van der Waals surface area contributed by atoms with Crippen molar-refractivity contribution < 1.29 is 14.3 Å². The van der Waals surface area contributed by atoms with Crippen molar-refractivity contribution in [3.8, 4) is 5.69 Å². The van der Waals surface area contributed by atoms with Crippen molar-refractivity contribution >= 4 is 61.5 Å². The molecule has 7 nitrogen and oxygen atoms in total. The first-order valence-corrected chi connectivity index (χ1v) is 16.0. The molecule has 1 amide bonds. The van der Waals surface area contributed by atoms with Gasteiger partial charge < -0.3 is 10.1 Å². The Bertz CT molecular complexity index is 1620. The summed E-state index contributed by atoms with van der Waals surface area (Å²) >= 11 is 4.32. The summed E-state index contributed by atoms with van der Waals surface area (Å²) in [6.45, 7) is 2.07. The van der Waals surface area contributed by atoms with Crippen LogP contribution in [0, 0.1) is 0 Å². The average Bonchev–Trinajstić information content (AvgIpc) is 3.50. The third-order valence-corrected chi connectivity index (χ3v) is 10.5. The topological polar surface area (TPSA) is 90.3 Å². The SMILES string of the molecule is CCOC(=O)c1c(NC(=O)CSc2nc3sc4c(c3c(=O)n2-c2ccccc2)CCCC4)sc2c1CCCC2. The molecular formula is C29H29N3O4S3. The highest BCUT2D eigenvalue weighted by atomic mass is 32.2. The van der Waals surface area contributed by atoms with Crippen LogP contribution in [0.1, 0.15) is 63.8 Å². The number of amides is 1. The first-order valence-electron chi connectivity index (χ1n) is 13.4. The minimum Gasteiger partial charge on any atom is -0.462 e. The lowest BCUT2D eigenvalue weighted by Crippen LogP contribution is -2.23. The lowest BCUT2D eigenvalue weighted by Gasteiger charge is -2.14. The van der Waals surface area contributed by atoms with Crippen LogP contribution in [0.15, 0.2) is 40.3 Å². The van der Waals surface area contributed by atoms with E-state index >= 15 is 0 Å². The van der Waals surface area contributed by atoms with E-state index in [2.05, 4.69) is 5.32 Å². The van der Waals surface area contributed by atoms with Crippen LogP contribution in [-0.2, 0) is 35.2 Å². The van der Waals surface area contributed by atoms with Gasteiger partial charge in [0.25, 0.3) is 5.56 Å². The predicted molar refractivity (Wildman–Crippen MR) is 158 cm³/mol. The molecule has 0 unspecified atom stereocenters. The molecule has 1 aromatic carbocycles. The molecular weight excluding hydrogens is 551 g/mol. The van der Waals surface area contributed by atoms with Crippen molar-refractivity contribution in [2.24, 2.45) is 0 Å². The van der Waals surface area contributed by atoms with Gasteiger partial charge in [-0.25, -0.2) is 9.78 Å². The minimum absolute atomic E-state index is 0.0563. The van der Waals surface area contributed by atoms with E-state index in [-0.39, 0.29) is 29.8 Å². The molecule has 0 atom stereocenters. The average molecular weight is 580 g/mol. The standard InChI is InChI=1S/C29H29N3O4S3/c1-2-36-28(35)24-19-13-7-9-15-21(19)39-26(24)30-22(33)16-37-29-31-25-23(18-12-6-8-14-20(18)38-25)27(34)32(29)17-10-4-3-5-11-17/h3-5,10-11H,2,6-9,12-16H2,1H3,(H,30,33). The minimum atomic E-state index is -0.383. The van der Waals surface area contributed by atoms with E-state index in [1.165, 1.54) is 28.0 Å². The Morgan fingerprint density at radius 3 is 2.44 bits per heavy atom. The highest BCUT2D eigenvalue weighted by Crippen LogP contribution is 2.39. The molecule has 0 spiro atoms. The van der Waals surface area contributed by atoms with E-state index in [1.54, 1.807) is 22.8 Å². The number of aromatic nitrogens is 2. The molecule has 0 fully saturated rings. The van der Waals surface area contributed by atoms with Crippen LogP contribution in [-0.4, -0.2) is 33.8 Å². The van der Waals surface area contributed by atoms with E-state index in [0.717, 1.165) is 83.3 Å². The molecule has 10 heteroatoms. The quantitative estimate of drug-likeness (QED) is 0.160. The molecule has 202 valence electrons. The molecule has 39 heavy (non-hydrogen) atoms. The Morgan fingerprint density at radius 2 is 1.69 bits per heavy atom. The van der Waals surface area contributed by atoms with Gasteiger partial charge in [0.15, 0.2) is 5.16 Å². The Kier molecular flexibility index (Phi) is 7.59. The number of carbonyl (C=O) groups excluding carboxylic acids is 2. The molecule has 0 bridgehead atoms. The maximum absolute atomic E-state index is 13.9. The third kappa shape index (κ3) is 5.05. The normalized spacial score (nSPS) is 14.6. The molecule has 3 aromatic heterocycles. The number of nitrogens with one attached hydrogen (secondary N) is 1. The number of thioether (sulfide) groups is 1. The number of aryl methyl sites for hydroxylation is 3. The number of fused-ring (bicyclic) bond motifs is 4. The van der Waals surface area contributed by atoms with Gasteiger partial charge in [-0.3, -0.25) is 14.2 Å². The number of hydrogen-bond acceptors (Lipinski definition) is 8. The summed E-state index contributed by atoms with van der Waals surface area (Å²) in [6, 6.07) is 9.48. The summed E-state index contributed by atoms with van der Waals surface area (Å²) in [5.41, 5.74) is 3.31. The van der Waals surface area contributed by atoms with Gasteiger partial charge in [-0.1, -0.05) is 30.0 Å². The van der Waals surface area contributed by atoms with Crippen LogP contribution in [0.4, 0.5) is 5.00 Å². The monoisotopic (exact) mass is 579 g/mol. The maximum Gasteiger partial charge on any atom is 0.341 e. The summed E-state index contributed by atoms with van der Waals surface area (Å²) < 4.78 is 6.96. The van der Waals surface area contributed by atoms with Gasteiger partial charge >= 0.3 is 5.97 Å². The fourth-order valence-corrected chi connectivity index (χ4v) is 8.86. The molecule has 6 rings (SSSR count). The highest BCUT2D eigenvalue weighted by molar-refractivity contribution is 7.99. The molecule has 2 aliphatic carbocycles. The van der Waals surface area contributed by atoms with Crippen LogP contribution in [0.2, 0.25) is 0 Å². The van der Waals surface area contributed by atoms with Gasteiger partial charge in [-0.15, -0.1) is 22.7 Å². The van der Waals surface area contributed by atoms with Crippen LogP contribution in [0.25, 0.3) is 15.9 Å². The Hall–Kier alpha value is -2.95. The van der Waals surface area contributed by atoms with Gasteiger partial charge in [0.2, 0.25) is 5.91 Å². The Labute approximate surface area is 238 Å². The van der Waals surface area contributed by atoms with Gasteiger partial charge in [-0.05, 0) is 81.5 Å². The fourth-order valence-electron chi connectivity index (χ4n) is 5.45.